The molecule has 14 aromatic rings. The third kappa shape index (κ3) is 5.07. The number of para-hydroxylation sites is 1. The first-order chi connectivity index (χ1) is 31.2. The minimum absolute atomic E-state index is 0.565. The number of aromatic nitrogens is 4. The zero-order chi connectivity index (χ0) is 41.2. The molecule has 5 nitrogen and oxygen atoms in total. The van der Waals surface area contributed by atoms with Gasteiger partial charge in [-0.05, 0) is 80.8 Å². The Labute approximate surface area is 363 Å². The standard InChI is InChI=1S/C57H32N4OS/c1-2-16-36-32-48-46(31-35(36)15-1)39-20-7-9-25-47(39)61(48)52-44(29-28-43-51-38-19-6-4-14-34(38)27-30-49(51)62-53(43)52)56-58-55(42-23-11-17-33-13-3-5-18-37(33)42)59-57(60-56)45-24-12-22-41-40-21-8-10-26-50(40)63-54(41)45/h1-32H. The van der Waals surface area contributed by atoms with E-state index in [1.807, 2.05) is 0 Å². The van der Waals surface area contributed by atoms with E-state index in [1.165, 1.54) is 26.2 Å². The van der Waals surface area contributed by atoms with Gasteiger partial charge in [-0.1, -0.05) is 146 Å². The van der Waals surface area contributed by atoms with Crippen LogP contribution < -0.4 is 0 Å². The van der Waals surface area contributed by atoms with Crippen LogP contribution in [0.1, 0.15) is 0 Å². The van der Waals surface area contributed by atoms with Crippen LogP contribution in [-0.4, -0.2) is 19.5 Å². The van der Waals surface area contributed by atoms with Crippen LogP contribution in [0.3, 0.4) is 0 Å². The molecule has 0 bridgehead atoms. The van der Waals surface area contributed by atoms with Crippen LogP contribution in [0.15, 0.2) is 199 Å². The summed E-state index contributed by atoms with van der Waals surface area (Å²) < 4.78 is 11.9. The minimum atomic E-state index is 0.565. The Bertz CT molecular complexity index is 4230. The van der Waals surface area contributed by atoms with Crippen LogP contribution in [-0.2, 0) is 0 Å². The van der Waals surface area contributed by atoms with E-state index in [0.29, 0.717) is 17.5 Å². The van der Waals surface area contributed by atoms with Crippen molar-refractivity contribution in [3.8, 4) is 39.9 Å². The van der Waals surface area contributed by atoms with Crippen LogP contribution in [0.25, 0.3) is 136 Å². The average Bonchev–Trinajstić information content (AvgIpc) is 4.02. The van der Waals surface area contributed by atoms with Crippen molar-refractivity contribution < 1.29 is 4.42 Å². The number of furan rings is 1. The van der Waals surface area contributed by atoms with Crippen LogP contribution >= 0.6 is 11.3 Å². The second kappa shape index (κ2) is 13.2. The van der Waals surface area contributed by atoms with Gasteiger partial charge < -0.3 is 8.98 Å². The summed E-state index contributed by atoms with van der Waals surface area (Å²) in [6, 6.07) is 69.0. The predicted octanol–water partition coefficient (Wildman–Crippen LogP) is 15.7. The van der Waals surface area contributed by atoms with Gasteiger partial charge >= 0.3 is 0 Å². The molecule has 4 aromatic heterocycles. The highest BCUT2D eigenvalue weighted by Gasteiger charge is 2.26. The molecule has 0 spiro atoms. The lowest BCUT2D eigenvalue weighted by Gasteiger charge is -2.16. The fourth-order valence-electron chi connectivity index (χ4n) is 9.98. The lowest BCUT2D eigenvalue weighted by atomic mass is 10.0. The molecule has 0 N–H and O–H groups in total. The quantitative estimate of drug-likeness (QED) is 0.177. The number of rotatable bonds is 4. The van der Waals surface area contributed by atoms with E-state index in [9.17, 15) is 0 Å². The number of thiophene rings is 1. The normalized spacial score (nSPS) is 12.1. The lowest BCUT2D eigenvalue weighted by molar-refractivity contribution is 0.667. The first-order valence-electron chi connectivity index (χ1n) is 21.2. The van der Waals surface area contributed by atoms with Crippen molar-refractivity contribution in [1.29, 1.82) is 0 Å². The highest BCUT2D eigenvalue weighted by atomic mass is 32.1. The largest absolute Gasteiger partial charge is 0.454 e. The minimum Gasteiger partial charge on any atom is -0.454 e. The van der Waals surface area contributed by atoms with Crippen molar-refractivity contribution in [2.24, 2.45) is 0 Å². The van der Waals surface area contributed by atoms with Crippen LogP contribution in [0.2, 0.25) is 0 Å². The molecule has 0 radical (unpaired) electrons. The summed E-state index contributed by atoms with van der Waals surface area (Å²) in [5.41, 5.74) is 7.40. The Hall–Kier alpha value is -8.19. The zero-order valence-corrected chi connectivity index (χ0v) is 34.4. The highest BCUT2D eigenvalue weighted by molar-refractivity contribution is 7.26. The molecule has 0 fully saturated rings. The van der Waals surface area contributed by atoms with Crippen LogP contribution in [0.4, 0.5) is 0 Å². The molecular formula is C57H32N4OS. The summed E-state index contributed by atoms with van der Waals surface area (Å²) >= 11 is 1.78. The number of hydrogen-bond donors (Lipinski definition) is 0. The zero-order valence-electron chi connectivity index (χ0n) is 33.6. The summed E-state index contributed by atoms with van der Waals surface area (Å²) in [6.07, 6.45) is 0. The molecule has 14 rings (SSSR count). The fraction of sp³-hybridized carbons (Fsp3) is 0. The highest BCUT2D eigenvalue weighted by Crippen LogP contribution is 2.46. The fourth-order valence-corrected chi connectivity index (χ4v) is 11.2. The molecule has 10 aromatic carbocycles. The van der Waals surface area contributed by atoms with Crippen molar-refractivity contribution in [3.63, 3.8) is 0 Å². The van der Waals surface area contributed by atoms with E-state index >= 15 is 0 Å². The average molecular weight is 821 g/mol. The molecular weight excluding hydrogens is 789 g/mol. The maximum absolute atomic E-state index is 7.15. The van der Waals surface area contributed by atoms with Crippen LogP contribution in [0.5, 0.6) is 0 Å². The SMILES string of the molecule is c1ccc2cc3c(cc2c1)c1ccccc1n3-c1c(-c2nc(-c3cccc4ccccc34)nc(-c3cccc4c3sc3ccccc34)n2)ccc2c1oc1ccc3ccccc3c12. The number of fused-ring (bicyclic) bond motifs is 13. The molecule has 63 heavy (non-hydrogen) atoms. The van der Waals surface area contributed by atoms with Crippen molar-refractivity contribution in [2.45, 2.75) is 0 Å². The smallest absolute Gasteiger partial charge is 0.166 e. The summed E-state index contributed by atoms with van der Waals surface area (Å²) in [5, 5.41) is 13.7. The molecule has 0 amide bonds. The van der Waals surface area contributed by atoms with Gasteiger partial charge in [0, 0.05) is 58.4 Å². The van der Waals surface area contributed by atoms with Gasteiger partial charge in [-0.3, -0.25) is 0 Å². The molecule has 0 aliphatic carbocycles. The Morgan fingerprint density at radius 3 is 1.83 bits per heavy atom. The van der Waals surface area contributed by atoms with E-state index in [-0.39, 0.29) is 0 Å². The van der Waals surface area contributed by atoms with Crippen molar-refractivity contribution in [1.82, 2.24) is 19.5 Å². The van der Waals surface area contributed by atoms with E-state index < -0.39 is 0 Å². The third-order valence-electron chi connectivity index (χ3n) is 12.8. The molecule has 0 aliphatic rings. The summed E-state index contributed by atoms with van der Waals surface area (Å²) in [5.74, 6) is 1.80. The van der Waals surface area contributed by atoms with Gasteiger partial charge in [0.15, 0.2) is 23.1 Å². The van der Waals surface area contributed by atoms with E-state index in [2.05, 4.69) is 199 Å². The van der Waals surface area contributed by atoms with E-state index in [1.54, 1.807) is 11.3 Å². The molecule has 0 atom stereocenters. The monoisotopic (exact) mass is 820 g/mol. The summed E-state index contributed by atoms with van der Waals surface area (Å²) in [6.45, 7) is 0. The van der Waals surface area contributed by atoms with Gasteiger partial charge in [0.2, 0.25) is 0 Å². The third-order valence-corrected chi connectivity index (χ3v) is 14.0. The van der Waals surface area contributed by atoms with Crippen molar-refractivity contribution >= 4 is 108 Å². The van der Waals surface area contributed by atoms with Gasteiger partial charge in [0.05, 0.1) is 11.0 Å². The second-order valence-corrected chi connectivity index (χ2v) is 17.3. The Morgan fingerprint density at radius 1 is 0.381 bits per heavy atom. The Kier molecular flexibility index (Phi) is 7.21. The summed E-state index contributed by atoms with van der Waals surface area (Å²) in [7, 11) is 0. The Morgan fingerprint density at radius 2 is 0.984 bits per heavy atom. The molecule has 4 heterocycles. The summed E-state index contributed by atoms with van der Waals surface area (Å²) in [4.78, 5) is 16.4. The molecule has 0 unspecified atom stereocenters. The molecule has 0 aliphatic heterocycles. The second-order valence-electron chi connectivity index (χ2n) is 16.3. The first kappa shape index (κ1) is 34.5. The molecule has 6 heteroatoms. The molecule has 0 saturated carbocycles. The van der Waals surface area contributed by atoms with E-state index in [0.717, 1.165) is 92.4 Å². The maximum Gasteiger partial charge on any atom is 0.166 e. The first-order valence-corrected chi connectivity index (χ1v) is 22.0. The Balaban J connectivity index is 1.15. The number of benzene rings is 10. The number of hydrogen-bond acceptors (Lipinski definition) is 5. The van der Waals surface area contributed by atoms with Gasteiger partial charge in [0.25, 0.3) is 0 Å². The molecule has 292 valence electrons. The van der Waals surface area contributed by atoms with Crippen LogP contribution in [0, 0.1) is 0 Å². The number of nitrogens with zero attached hydrogens (tertiary/aromatic N) is 4. The molecule has 0 saturated heterocycles. The van der Waals surface area contributed by atoms with Gasteiger partial charge in [0.1, 0.15) is 11.3 Å². The predicted molar refractivity (Wildman–Crippen MR) is 263 cm³/mol. The van der Waals surface area contributed by atoms with Crippen molar-refractivity contribution in [3.05, 3.63) is 194 Å². The van der Waals surface area contributed by atoms with Crippen molar-refractivity contribution in [2.75, 3.05) is 0 Å². The lowest BCUT2D eigenvalue weighted by Crippen LogP contribution is -2.04. The van der Waals surface area contributed by atoms with Gasteiger partial charge in [-0.15, -0.1) is 11.3 Å². The van der Waals surface area contributed by atoms with E-state index in [4.69, 9.17) is 19.4 Å². The van der Waals surface area contributed by atoms with Gasteiger partial charge in [-0.25, -0.2) is 15.0 Å². The maximum atomic E-state index is 7.15. The van der Waals surface area contributed by atoms with Gasteiger partial charge in [-0.2, -0.15) is 0 Å². The topological polar surface area (TPSA) is 56.7 Å².